The molecule has 2 heterocycles. The van der Waals surface area contributed by atoms with Gasteiger partial charge in [-0.25, -0.2) is 4.98 Å². The lowest BCUT2D eigenvalue weighted by Gasteiger charge is -2.00. The first-order valence-corrected chi connectivity index (χ1v) is 8.17. The number of carbonyl (C=O) groups excluding carboxylic acids is 2. The minimum absolute atomic E-state index is 0.122. The summed E-state index contributed by atoms with van der Waals surface area (Å²) >= 11 is 2.89. The number of thiazole rings is 1. The van der Waals surface area contributed by atoms with E-state index in [4.69, 9.17) is 4.74 Å². The van der Waals surface area contributed by atoms with Gasteiger partial charge >= 0.3 is 5.97 Å². The second-order valence-corrected chi connectivity index (χ2v) is 6.73. The van der Waals surface area contributed by atoms with Crippen LogP contribution >= 0.6 is 22.7 Å². The Hall–Kier alpha value is -1.73. The average Bonchev–Trinajstić information content (AvgIpc) is 2.96. The molecule has 1 N–H and O–H groups in total. The molecule has 2 rings (SSSR count). The Labute approximate surface area is 131 Å². The normalized spacial score (nSPS) is 10.4. The summed E-state index contributed by atoms with van der Waals surface area (Å²) in [5.41, 5.74) is 1.27. The van der Waals surface area contributed by atoms with Crippen LogP contribution in [0.25, 0.3) is 0 Å². The molecule has 0 aliphatic rings. The number of anilines is 1. The predicted octanol–water partition coefficient (Wildman–Crippen LogP) is 3.18. The third-order valence-electron chi connectivity index (χ3n) is 2.69. The first-order chi connectivity index (χ1) is 9.99. The van der Waals surface area contributed by atoms with Crippen LogP contribution < -0.4 is 5.32 Å². The Morgan fingerprint density at radius 3 is 2.76 bits per heavy atom. The van der Waals surface area contributed by atoms with Crippen LogP contribution in [0.15, 0.2) is 11.4 Å². The number of amides is 1. The summed E-state index contributed by atoms with van der Waals surface area (Å²) < 4.78 is 4.86. The molecular formula is C14H16N2O3S2. The van der Waals surface area contributed by atoms with Crippen molar-refractivity contribution in [2.24, 2.45) is 0 Å². The largest absolute Gasteiger partial charge is 0.466 e. The quantitative estimate of drug-likeness (QED) is 0.858. The van der Waals surface area contributed by atoms with Crippen molar-refractivity contribution in [3.05, 3.63) is 32.5 Å². The summed E-state index contributed by atoms with van der Waals surface area (Å²) in [5, 5.41) is 5.00. The van der Waals surface area contributed by atoms with Gasteiger partial charge in [0.15, 0.2) is 5.13 Å². The summed E-state index contributed by atoms with van der Waals surface area (Å²) in [5.74, 6) is -0.487. The number of ether oxygens (including phenoxy) is 1. The van der Waals surface area contributed by atoms with Crippen molar-refractivity contribution in [3.8, 4) is 0 Å². The Morgan fingerprint density at radius 2 is 2.14 bits per heavy atom. The Kier molecular flexibility index (Phi) is 5.08. The molecule has 7 heteroatoms. The van der Waals surface area contributed by atoms with Crippen LogP contribution in [-0.4, -0.2) is 23.5 Å². The van der Waals surface area contributed by atoms with Crippen LogP contribution in [0.5, 0.6) is 0 Å². The van der Waals surface area contributed by atoms with Crippen molar-refractivity contribution >= 4 is 39.7 Å². The van der Waals surface area contributed by atoms with Gasteiger partial charge in [0.25, 0.3) is 5.91 Å². The number of hydrogen-bond acceptors (Lipinski definition) is 6. The van der Waals surface area contributed by atoms with Crippen LogP contribution in [0.1, 0.15) is 32.7 Å². The Morgan fingerprint density at radius 1 is 1.38 bits per heavy atom. The van der Waals surface area contributed by atoms with Crippen molar-refractivity contribution in [1.29, 1.82) is 0 Å². The molecule has 0 aliphatic carbocycles. The maximum absolute atomic E-state index is 12.2. The van der Waals surface area contributed by atoms with Gasteiger partial charge in [0, 0.05) is 15.1 Å². The zero-order valence-corrected chi connectivity index (χ0v) is 13.7. The fraction of sp³-hybridized carbons (Fsp3) is 0.357. The highest BCUT2D eigenvalue weighted by atomic mass is 32.1. The number of thiophene rings is 1. The van der Waals surface area contributed by atoms with Crippen LogP contribution in [0.4, 0.5) is 5.13 Å². The lowest BCUT2D eigenvalue weighted by atomic mass is 10.2. The monoisotopic (exact) mass is 324 g/mol. The SMILES string of the molecule is CCOC(=O)Cc1csc(NC(=O)c2cc(C)sc2C)n1. The van der Waals surface area contributed by atoms with E-state index in [2.05, 4.69) is 10.3 Å². The third-order valence-corrected chi connectivity index (χ3v) is 4.46. The minimum atomic E-state index is -0.315. The molecule has 2 aromatic heterocycles. The van der Waals surface area contributed by atoms with Crippen molar-refractivity contribution in [2.45, 2.75) is 27.2 Å². The molecule has 0 aromatic carbocycles. The van der Waals surface area contributed by atoms with Gasteiger partial charge in [0.1, 0.15) is 0 Å². The van der Waals surface area contributed by atoms with Crippen LogP contribution in [0, 0.1) is 13.8 Å². The molecule has 0 radical (unpaired) electrons. The number of hydrogen-bond donors (Lipinski definition) is 1. The molecule has 0 bridgehead atoms. The van der Waals surface area contributed by atoms with E-state index < -0.39 is 0 Å². The average molecular weight is 324 g/mol. The van der Waals surface area contributed by atoms with E-state index in [0.717, 1.165) is 9.75 Å². The highest BCUT2D eigenvalue weighted by Crippen LogP contribution is 2.23. The maximum Gasteiger partial charge on any atom is 0.311 e. The van der Waals surface area contributed by atoms with Gasteiger partial charge in [-0.05, 0) is 26.8 Å². The first-order valence-electron chi connectivity index (χ1n) is 6.48. The predicted molar refractivity (Wildman–Crippen MR) is 84.2 cm³/mol. The van der Waals surface area contributed by atoms with Crippen molar-refractivity contribution in [2.75, 3.05) is 11.9 Å². The molecule has 5 nitrogen and oxygen atoms in total. The van der Waals surface area contributed by atoms with Crippen LogP contribution in [0.2, 0.25) is 0 Å². The first kappa shape index (κ1) is 15.7. The van der Waals surface area contributed by atoms with Crippen LogP contribution in [0.3, 0.4) is 0 Å². The number of aryl methyl sites for hydroxylation is 2. The van der Waals surface area contributed by atoms with Gasteiger partial charge in [-0.15, -0.1) is 22.7 Å². The zero-order valence-electron chi connectivity index (χ0n) is 12.1. The fourth-order valence-corrected chi connectivity index (χ4v) is 3.45. The van der Waals surface area contributed by atoms with E-state index in [1.165, 1.54) is 11.3 Å². The van der Waals surface area contributed by atoms with Gasteiger partial charge in [-0.1, -0.05) is 0 Å². The molecule has 0 spiro atoms. The molecule has 2 aromatic rings. The number of aromatic nitrogens is 1. The molecule has 0 atom stereocenters. The number of carbonyl (C=O) groups is 2. The number of nitrogens with zero attached hydrogens (tertiary/aromatic N) is 1. The zero-order chi connectivity index (χ0) is 15.4. The van der Waals surface area contributed by atoms with Crippen LogP contribution in [-0.2, 0) is 16.0 Å². The topological polar surface area (TPSA) is 68.3 Å². The molecule has 0 fully saturated rings. The second kappa shape index (κ2) is 6.82. The van der Waals surface area contributed by atoms with Gasteiger partial charge in [-0.2, -0.15) is 0 Å². The molecule has 0 saturated carbocycles. The summed E-state index contributed by atoms with van der Waals surface area (Å²) in [6.07, 6.45) is 0.122. The van der Waals surface area contributed by atoms with Gasteiger partial charge in [-0.3, -0.25) is 14.9 Å². The smallest absolute Gasteiger partial charge is 0.311 e. The molecule has 1 amide bonds. The van der Waals surface area contributed by atoms with E-state index in [1.807, 2.05) is 19.9 Å². The van der Waals surface area contributed by atoms with Gasteiger partial charge < -0.3 is 4.74 Å². The maximum atomic E-state index is 12.2. The van der Waals surface area contributed by atoms with Crippen molar-refractivity contribution < 1.29 is 14.3 Å². The van der Waals surface area contributed by atoms with E-state index in [0.29, 0.717) is 23.0 Å². The molecule has 0 saturated heterocycles. The van der Waals surface area contributed by atoms with Crippen molar-refractivity contribution in [3.63, 3.8) is 0 Å². The summed E-state index contributed by atoms with van der Waals surface area (Å²) in [7, 11) is 0. The Bertz CT molecular complexity index is 661. The molecule has 21 heavy (non-hydrogen) atoms. The number of rotatable bonds is 5. The second-order valence-electron chi connectivity index (χ2n) is 4.41. The summed E-state index contributed by atoms with van der Waals surface area (Å²) in [6, 6.07) is 1.86. The van der Waals surface area contributed by atoms with E-state index in [1.54, 1.807) is 23.6 Å². The fourth-order valence-electron chi connectivity index (χ4n) is 1.83. The van der Waals surface area contributed by atoms with Crippen molar-refractivity contribution in [1.82, 2.24) is 4.98 Å². The number of nitrogens with one attached hydrogen (secondary N) is 1. The highest BCUT2D eigenvalue weighted by Gasteiger charge is 2.14. The summed E-state index contributed by atoms with van der Waals surface area (Å²) in [6.45, 7) is 6.00. The third kappa shape index (κ3) is 4.12. The molecular weight excluding hydrogens is 308 g/mol. The standard InChI is InChI=1S/C14H16N2O3S2/c1-4-19-12(17)6-10-7-20-14(15-10)16-13(18)11-5-8(2)21-9(11)3/h5,7H,4,6H2,1-3H3,(H,15,16,18). The molecule has 112 valence electrons. The lowest BCUT2D eigenvalue weighted by molar-refractivity contribution is -0.142. The highest BCUT2D eigenvalue weighted by molar-refractivity contribution is 7.14. The minimum Gasteiger partial charge on any atom is -0.466 e. The number of esters is 1. The van der Waals surface area contributed by atoms with E-state index in [9.17, 15) is 9.59 Å². The Balaban J connectivity index is 2.00. The molecule has 0 unspecified atom stereocenters. The van der Waals surface area contributed by atoms with E-state index >= 15 is 0 Å². The molecule has 0 aliphatic heterocycles. The lowest BCUT2D eigenvalue weighted by Crippen LogP contribution is -2.12. The van der Waals surface area contributed by atoms with Gasteiger partial charge in [0.05, 0.1) is 24.3 Å². The van der Waals surface area contributed by atoms with E-state index in [-0.39, 0.29) is 18.3 Å². The van der Waals surface area contributed by atoms with Gasteiger partial charge in [0.2, 0.25) is 0 Å². The summed E-state index contributed by atoms with van der Waals surface area (Å²) in [4.78, 5) is 29.8.